The summed E-state index contributed by atoms with van der Waals surface area (Å²) in [5.41, 5.74) is 1.75. The molecule has 10 heteroatoms. The molecule has 3 N–H and O–H groups in total. The highest BCUT2D eigenvalue weighted by molar-refractivity contribution is 5.96. The monoisotopic (exact) mass is 470 g/mol. The molecule has 0 bridgehead atoms. The Morgan fingerprint density at radius 3 is 2.37 bits per heavy atom. The molecular formula is C25H22N6O4. The predicted octanol–water partition coefficient (Wildman–Crippen LogP) is 2.48. The van der Waals surface area contributed by atoms with E-state index in [2.05, 4.69) is 15.2 Å². The number of hydrogen-bond acceptors (Lipinski definition) is 5. The minimum atomic E-state index is -0.485. The van der Waals surface area contributed by atoms with Crippen LogP contribution in [0.4, 0.5) is 5.69 Å². The fourth-order valence-electron chi connectivity index (χ4n) is 4.15. The molecule has 176 valence electrons. The Labute approximate surface area is 198 Å². The Kier molecular flexibility index (Phi) is 5.13. The van der Waals surface area contributed by atoms with E-state index in [4.69, 9.17) is 0 Å². The summed E-state index contributed by atoms with van der Waals surface area (Å²) in [6, 6.07) is 15.5. The molecule has 0 atom stereocenters. The molecule has 5 rings (SSSR count). The van der Waals surface area contributed by atoms with E-state index in [9.17, 15) is 19.5 Å². The van der Waals surface area contributed by atoms with Gasteiger partial charge in [0.1, 0.15) is 11.3 Å². The summed E-state index contributed by atoms with van der Waals surface area (Å²) in [5, 5.41) is 16.5. The van der Waals surface area contributed by atoms with Gasteiger partial charge in [0.25, 0.3) is 16.7 Å². The van der Waals surface area contributed by atoms with E-state index in [1.54, 1.807) is 73.4 Å². The number of nitrogens with zero attached hydrogens (tertiary/aromatic N) is 4. The van der Waals surface area contributed by atoms with Crippen molar-refractivity contribution in [2.24, 2.45) is 19.1 Å². The first-order valence-electron chi connectivity index (χ1n) is 10.8. The second-order valence-corrected chi connectivity index (χ2v) is 8.21. The Balaban J connectivity index is 1.56. The zero-order valence-electron chi connectivity index (χ0n) is 19.2. The third-order valence-electron chi connectivity index (χ3n) is 6.13. The molecule has 0 unspecified atom stereocenters. The van der Waals surface area contributed by atoms with E-state index in [1.165, 1.54) is 15.5 Å². The van der Waals surface area contributed by atoms with Gasteiger partial charge in [-0.15, -0.1) is 0 Å². The van der Waals surface area contributed by atoms with Crippen LogP contribution in [0.25, 0.3) is 27.8 Å². The van der Waals surface area contributed by atoms with Gasteiger partial charge in [-0.05, 0) is 43.3 Å². The van der Waals surface area contributed by atoms with Gasteiger partial charge in [-0.1, -0.05) is 12.1 Å². The van der Waals surface area contributed by atoms with Crippen LogP contribution in [0.3, 0.4) is 0 Å². The van der Waals surface area contributed by atoms with Crippen molar-refractivity contribution < 1.29 is 5.11 Å². The van der Waals surface area contributed by atoms with Crippen molar-refractivity contribution >= 4 is 22.8 Å². The average molecular weight is 470 g/mol. The van der Waals surface area contributed by atoms with E-state index >= 15 is 0 Å². The van der Waals surface area contributed by atoms with Gasteiger partial charge in [0.2, 0.25) is 0 Å². The van der Waals surface area contributed by atoms with Crippen molar-refractivity contribution in [3.63, 3.8) is 0 Å². The standard InChI is InChI=1S/C25H22N6O4/c1-14-12-20(32)31(30(14)3)16-10-8-15(9-11-16)26-13-18-22(27-28-24(18)34)21-23(33)17-6-4-5-7-19(17)29(2)25(21)35/h4-13,33H,1-3H3,(H2,27,28,34). The maximum absolute atomic E-state index is 13.1. The lowest BCUT2D eigenvalue weighted by atomic mass is 10.1. The summed E-state index contributed by atoms with van der Waals surface area (Å²) in [7, 11) is 3.40. The summed E-state index contributed by atoms with van der Waals surface area (Å²) < 4.78 is 4.71. The predicted molar refractivity (Wildman–Crippen MR) is 134 cm³/mol. The Morgan fingerprint density at radius 1 is 0.971 bits per heavy atom. The Hall–Kier alpha value is -4.86. The van der Waals surface area contributed by atoms with Gasteiger partial charge >= 0.3 is 0 Å². The summed E-state index contributed by atoms with van der Waals surface area (Å²) in [6.07, 6.45) is 1.34. The van der Waals surface area contributed by atoms with E-state index < -0.39 is 11.1 Å². The first-order chi connectivity index (χ1) is 16.8. The van der Waals surface area contributed by atoms with Crippen LogP contribution in [0.5, 0.6) is 5.75 Å². The molecule has 3 heterocycles. The Morgan fingerprint density at radius 2 is 1.69 bits per heavy atom. The van der Waals surface area contributed by atoms with Crippen LogP contribution in [0.15, 0.2) is 74.0 Å². The zero-order chi connectivity index (χ0) is 24.9. The van der Waals surface area contributed by atoms with Crippen molar-refractivity contribution in [2.45, 2.75) is 6.92 Å². The minimum absolute atomic E-state index is 0.0280. The van der Waals surface area contributed by atoms with Gasteiger partial charge < -0.3 is 9.67 Å². The maximum Gasteiger partial charge on any atom is 0.273 e. The molecule has 10 nitrogen and oxygen atoms in total. The van der Waals surface area contributed by atoms with E-state index in [0.29, 0.717) is 22.3 Å². The number of aryl methyl sites for hydroxylation is 2. The van der Waals surface area contributed by atoms with Crippen molar-refractivity contribution in [3.05, 3.63) is 96.9 Å². The number of aromatic nitrogens is 5. The van der Waals surface area contributed by atoms with E-state index in [-0.39, 0.29) is 28.1 Å². The number of pyridine rings is 1. The van der Waals surface area contributed by atoms with Crippen LogP contribution in [0.2, 0.25) is 0 Å². The van der Waals surface area contributed by atoms with Gasteiger partial charge in [0.05, 0.1) is 28.1 Å². The molecule has 0 radical (unpaired) electrons. The summed E-state index contributed by atoms with van der Waals surface area (Å²) in [6.45, 7) is 1.85. The molecule has 0 amide bonds. The van der Waals surface area contributed by atoms with Gasteiger partial charge in [0, 0.05) is 37.5 Å². The summed E-state index contributed by atoms with van der Waals surface area (Å²) in [5.74, 6) is -0.221. The molecular weight excluding hydrogens is 448 g/mol. The molecule has 0 aliphatic carbocycles. The second kappa shape index (κ2) is 8.17. The number of fused-ring (bicyclic) bond motifs is 1. The normalized spacial score (nSPS) is 11.6. The molecule has 0 saturated carbocycles. The number of hydrogen-bond donors (Lipinski definition) is 3. The fraction of sp³-hybridized carbons (Fsp3) is 0.120. The number of para-hydroxylation sites is 1. The molecule has 0 fully saturated rings. The van der Waals surface area contributed by atoms with Gasteiger partial charge in [-0.25, -0.2) is 4.68 Å². The highest BCUT2D eigenvalue weighted by atomic mass is 16.3. The van der Waals surface area contributed by atoms with Crippen LogP contribution >= 0.6 is 0 Å². The second-order valence-electron chi connectivity index (χ2n) is 8.21. The molecule has 2 aromatic carbocycles. The first-order valence-corrected chi connectivity index (χ1v) is 10.8. The lowest BCUT2D eigenvalue weighted by Crippen LogP contribution is -2.20. The number of aromatic amines is 2. The number of aromatic hydroxyl groups is 1. The third kappa shape index (κ3) is 3.52. The van der Waals surface area contributed by atoms with E-state index in [0.717, 1.165) is 5.69 Å². The SMILES string of the molecule is Cc1cc(=O)n(-c2ccc(N=Cc3c(-c4c(O)c5ccccc5n(C)c4=O)[nH][nH]c3=O)cc2)n1C. The van der Waals surface area contributed by atoms with Gasteiger partial charge in [-0.3, -0.25) is 34.3 Å². The van der Waals surface area contributed by atoms with Crippen LogP contribution in [0, 0.1) is 6.92 Å². The number of nitrogens with one attached hydrogen (secondary N) is 2. The number of rotatable bonds is 4. The Bertz CT molecular complexity index is 1800. The maximum atomic E-state index is 13.1. The number of H-pyrrole nitrogens is 2. The quantitative estimate of drug-likeness (QED) is 0.348. The van der Waals surface area contributed by atoms with Crippen molar-refractivity contribution in [2.75, 3.05) is 0 Å². The highest BCUT2D eigenvalue weighted by Gasteiger charge is 2.21. The summed E-state index contributed by atoms with van der Waals surface area (Å²) >= 11 is 0. The molecule has 5 aromatic rings. The van der Waals surface area contributed by atoms with Crippen molar-refractivity contribution in [3.8, 4) is 22.7 Å². The highest BCUT2D eigenvalue weighted by Crippen LogP contribution is 2.32. The van der Waals surface area contributed by atoms with Crippen LogP contribution in [-0.2, 0) is 14.1 Å². The van der Waals surface area contributed by atoms with E-state index in [1.807, 2.05) is 6.92 Å². The van der Waals surface area contributed by atoms with Crippen LogP contribution in [-0.4, -0.2) is 35.4 Å². The fourth-order valence-corrected chi connectivity index (χ4v) is 4.15. The lowest BCUT2D eigenvalue weighted by molar-refractivity contribution is 0.481. The molecule has 0 saturated heterocycles. The first kappa shape index (κ1) is 22.0. The molecule has 35 heavy (non-hydrogen) atoms. The zero-order valence-corrected chi connectivity index (χ0v) is 19.2. The molecule has 3 aromatic heterocycles. The number of aliphatic imine (C=N–C) groups is 1. The summed E-state index contributed by atoms with van der Waals surface area (Å²) in [4.78, 5) is 42.2. The van der Waals surface area contributed by atoms with Crippen LogP contribution < -0.4 is 16.7 Å². The molecule has 0 aliphatic rings. The average Bonchev–Trinajstić information content (AvgIpc) is 3.34. The van der Waals surface area contributed by atoms with Gasteiger partial charge in [-0.2, -0.15) is 0 Å². The smallest absolute Gasteiger partial charge is 0.273 e. The van der Waals surface area contributed by atoms with Gasteiger partial charge in [0.15, 0.2) is 0 Å². The largest absolute Gasteiger partial charge is 0.506 e. The van der Waals surface area contributed by atoms with Crippen molar-refractivity contribution in [1.82, 2.24) is 24.1 Å². The molecule has 0 aliphatic heterocycles. The third-order valence-corrected chi connectivity index (χ3v) is 6.13. The topological polar surface area (TPSA) is 130 Å². The molecule has 0 spiro atoms. The van der Waals surface area contributed by atoms with Crippen molar-refractivity contribution in [1.29, 1.82) is 0 Å². The number of benzene rings is 2. The lowest BCUT2D eigenvalue weighted by Gasteiger charge is -2.11. The minimum Gasteiger partial charge on any atom is -0.506 e. The van der Waals surface area contributed by atoms with Crippen LogP contribution in [0.1, 0.15) is 11.3 Å².